The summed E-state index contributed by atoms with van der Waals surface area (Å²) in [5.74, 6) is -1.39. The minimum absolute atomic E-state index is 0.158. The molecule has 0 fully saturated rings. The highest BCUT2D eigenvalue weighted by atomic mass is 32.2. The second-order valence-corrected chi connectivity index (χ2v) is 9.73. The van der Waals surface area contributed by atoms with Gasteiger partial charge in [0.05, 0.1) is 21.8 Å². The number of carbonyl (C=O) groups excluding carboxylic acids is 2. The molecule has 152 valence electrons. The van der Waals surface area contributed by atoms with E-state index in [-0.39, 0.29) is 4.90 Å². The molecule has 5 nitrogen and oxygen atoms in total. The third kappa shape index (κ3) is 3.44. The zero-order valence-corrected chi connectivity index (χ0v) is 17.5. The molecule has 0 saturated carbocycles. The quantitative estimate of drug-likeness (QED) is 0.640. The SMILES string of the molecule is CC(=O)N1C(=O)C(C)(CS(=O)(=O)c2ccc3ccccc3c2)C=C1c1ccccc1. The summed E-state index contributed by atoms with van der Waals surface area (Å²) in [7, 11) is -3.78. The third-order valence-corrected chi connectivity index (χ3v) is 7.29. The summed E-state index contributed by atoms with van der Waals surface area (Å²) in [6.45, 7) is 2.87. The first-order valence-corrected chi connectivity index (χ1v) is 11.2. The average molecular weight is 420 g/mol. The van der Waals surface area contributed by atoms with Crippen LogP contribution < -0.4 is 0 Å². The van der Waals surface area contributed by atoms with E-state index in [0.29, 0.717) is 11.3 Å². The topological polar surface area (TPSA) is 71.5 Å². The molecule has 30 heavy (non-hydrogen) atoms. The molecule has 0 spiro atoms. The number of carbonyl (C=O) groups is 2. The number of hydrogen-bond donors (Lipinski definition) is 0. The molecule has 1 heterocycles. The van der Waals surface area contributed by atoms with Gasteiger partial charge in [0.2, 0.25) is 11.8 Å². The highest BCUT2D eigenvalue weighted by Gasteiger charge is 2.47. The van der Waals surface area contributed by atoms with Gasteiger partial charge in [-0.05, 0) is 41.5 Å². The highest BCUT2D eigenvalue weighted by molar-refractivity contribution is 7.91. The van der Waals surface area contributed by atoms with E-state index < -0.39 is 32.8 Å². The Balaban J connectivity index is 1.75. The normalized spacial score (nSPS) is 19.2. The lowest BCUT2D eigenvalue weighted by Gasteiger charge is -2.23. The second kappa shape index (κ2) is 7.22. The third-order valence-electron chi connectivity index (χ3n) is 5.34. The lowest BCUT2D eigenvalue weighted by molar-refractivity contribution is -0.142. The monoisotopic (exact) mass is 419 g/mol. The fourth-order valence-electron chi connectivity index (χ4n) is 3.87. The predicted molar refractivity (Wildman–Crippen MR) is 116 cm³/mol. The van der Waals surface area contributed by atoms with Crippen LogP contribution in [0.4, 0.5) is 0 Å². The van der Waals surface area contributed by atoms with Crippen molar-refractivity contribution in [3.63, 3.8) is 0 Å². The molecular weight excluding hydrogens is 398 g/mol. The number of rotatable bonds is 4. The van der Waals surface area contributed by atoms with Gasteiger partial charge >= 0.3 is 0 Å². The molecule has 0 aliphatic carbocycles. The van der Waals surface area contributed by atoms with E-state index in [1.54, 1.807) is 55.5 Å². The zero-order valence-electron chi connectivity index (χ0n) is 16.7. The summed E-state index contributed by atoms with van der Waals surface area (Å²) < 4.78 is 26.4. The van der Waals surface area contributed by atoms with Crippen molar-refractivity contribution >= 4 is 38.1 Å². The van der Waals surface area contributed by atoms with Gasteiger partial charge in [-0.15, -0.1) is 0 Å². The smallest absolute Gasteiger partial charge is 0.244 e. The van der Waals surface area contributed by atoms with Gasteiger partial charge in [-0.3, -0.25) is 9.59 Å². The van der Waals surface area contributed by atoms with Crippen molar-refractivity contribution in [2.75, 3.05) is 5.75 Å². The molecule has 1 aliphatic heterocycles. The average Bonchev–Trinajstić information content (AvgIpc) is 2.98. The van der Waals surface area contributed by atoms with Crippen LogP contribution >= 0.6 is 0 Å². The van der Waals surface area contributed by atoms with E-state index >= 15 is 0 Å². The maximum absolute atomic E-state index is 13.2. The Morgan fingerprint density at radius 3 is 2.23 bits per heavy atom. The van der Waals surface area contributed by atoms with Crippen molar-refractivity contribution in [3.05, 3.63) is 84.4 Å². The van der Waals surface area contributed by atoms with Gasteiger partial charge in [0, 0.05) is 6.92 Å². The van der Waals surface area contributed by atoms with Gasteiger partial charge < -0.3 is 0 Å². The molecule has 0 saturated heterocycles. The summed E-state index contributed by atoms with van der Waals surface area (Å²) >= 11 is 0. The van der Waals surface area contributed by atoms with Crippen molar-refractivity contribution < 1.29 is 18.0 Å². The molecule has 1 unspecified atom stereocenters. The number of hydrogen-bond acceptors (Lipinski definition) is 4. The molecular formula is C24H21NO4S. The van der Waals surface area contributed by atoms with Crippen LogP contribution in [0.2, 0.25) is 0 Å². The summed E-state index contributed by atoms with van der Waals surface area (Å²) in [6, 6.07) is 21.5. The van der Waals surface area contributed by atoms with Gasteiger partial charge in [0.25, 0.3) is 0 Å². The maximum atomic E-state index is 13.2. The van der Waals surface area contributed by atoms with E-state index in [1.165, 1.54) is 6.92 Å². The highest BCUT2D eigenvalue weighted by Crippen LogP contribution is 2.40. The standard InChI is InChI=1S/C24H21NO4S/c1-17(26)25-22(19-9-4-3-5-10-19)15-24(2,23(25)27)16-30(28,29)21-13-12-18-8-6-7-11-20(18)14-21/h3-15H,16H2,1-2H3. The molecule has 3 aromatic rings. The molecule has 0 N–H and O–H groups in total. The van der Waals surface area contributed by atoms with Crippen LogP contribution in [-0.2, 0) is 19.4 Å². The molecule has 1 atom stereocenters. The van der Waals surface area contributed by atoms with Crippen LogP contribution in [0, 0.1) is 5.41 Å². The van der Waals surface area contributed by atoms with Crippen LogP contribution in [-0.4, -0.2) is 30.9 Å². The second-order valence-electron chi connectivity index (χ2n) is 7.74. The summed E-state index contributed by atoms with van der Waals surface area (Å²) in [5, 5.41) is 1.75. The fraction of sp³-hybridized carbons (Fsp3) is 0.167. The maximum Gasteiger partial charge on any atom is 0.244 e. The summed E-state index contributed by atoms with van der Waals surface area (Å²) in [5.41, 5.74) is -0.237. The lowest BCUT2D eigenvalue weighted by Crippen LogP contribution is -2.40. The Morgan fingerprint density at radius 2 is 1.57 bits per heavy atom. The number of benzene rings is 3. The Bertz CT molecular complexity index is 1300. The van der Waals surface area contributed by atoms with E-state index in [4.69, 9.17) is 0 Å². The van der Waals surface area contributed by atoms with Crippen LogP contribution in [0.1, 0.15) is 19.4 Å². The van der Waals surface area contributed by atoms with Gasteiger partial charge in [-0.1, -0.05) is 60.7 Å². The molecule has 0 aromatic heterocycles. The number of imide groups is 1. The van der Waals surface area contributed by atoms with Crippen LogP contribution in [0.25, 0.3) is 16.5 Å². The van der Waals surface area contributed by atoms with E-state index in [9.17, 15) is 18.0 Å². The Labute approximate surface area is 175 Å². The van der Waals surface area contributed by atoms with Crippen LogP contribution in [0.5, 0.6) is 0 Å². The van der Waals surface area contributed by atoms with Gasteiger partial charge in [0.1, 0.15) is 0 Å². The molecule has 4 rings (SSSR count). The molecule has 3 aromatic carbocycles. The zero-order chi connectivity index (χ0) is 21.5. The molecule has 1 aliphatic rings. The first-order chi connectivity index (χ1) is 14.2. The van der Waals surface area contributed by atoms with E-state index in [0.717, 1.165) is 15.7 Å². The van der Waals surface area contributed by atoms with Crippen molar-refractivity contribution in [3.8, 4) is 0 Å². The molecule has 0 radical (unpaired) electrons. The van der Waals surface area contributed by atoms with Crippen LogP contribution in [0.15, 0.2) is 83.8 Å². The fourth-order valence-corrected chi connectivity index (χ4v) is 5.61. The number of fused-ring (bicyclic) bond motifs is 1. The van der Waals surface area contributed by atoms with E-state index in [2.05, 4.69) is 0 Å². The lowest BCUT2D eigenvalue weighted by atomic mass is 9.93. The first kappa shape index (κ1) is 20.0. The molecule has 0 bridgehead atoms. The minimum Gasteiger partial charge on any atom is -0.274 e. The van der Waals surface area contributed by atoms with Gasteiger partial charge in [0.15, 0.2) is 9.84 Å². The summed E-state index contributed by atoms with van der Waals surface area (Å²) in [6.07, 6.45) is 1.60. The number of amides is 2. The van der Waals surface area contributed by atoms with Crippen molar-refractivity contribution in [2.24, 2.45) is 5.41 Å². The Kier molecular flexibility index (Phi) is 4.82. The van der Waals surface area contributed by atoms with Gasteiger partial charge in [-0.2, -0.15) is 0 Å². The van der Waals surface area contributed by atoms with E-state index in [1.807, 2.05) is 30.3 Å². The Hall–Kier alpha value is -3.25. The largest absolute Gasteiger partial charge is 0.274 e. The first-order valence-electron chi connectivity index (χ1n) is 9.56. The number of sulfone groups is 1. The molecule has 6 heteroatoms. The van der Waals surface area contributed by atoms with Crippen molar-refractivity contribution in [2.45, 2.75) is 18.7 Å². The Morgan fingerprint density at radius 1 is 0.933 bits per heavy atom. The van der Waals surface area contributed by atoms with Crippen molar-refractivity contribution in [1.29, 1.82) is 0 Å². The van der Waals surface area contributed by atoms with Crippen molar-refractivity contribution in [1.82, 2.24) is 4.90 Å². The number of nitrogens with zero attached hydrogens (tertiary/aromatic N) is 1. The van der Waals surface area contributed by atoms with Crippen LogP contribution in [0.3, 0.4) is 0 Å². The minimum atomic E-state index is -3.78. The molecule has 2 amide bonds. The summed E-state index contributed by atoms with van der Waals surface area (Å²) in [4.78, 5) is 26.6. The van der Waals surface area contributed by atoms with Gasteiger partial charge in [-0.25, -0.2) is 13.3 Å². The predicted octanol–water partition coefficient (Wildman–Crippen LogP) is 4.05.